The molecule has 0 aliphatic heterocycles. The number of halogens is 1. The van der Waals surface area contributed by atoms with E-state index in [1.165, 1.54) is 0 Å². The number of benzene rings is 3. The number of aryl methyl sites for hydroxylation is 1. The minimum Gasteiger partial charge on any atom is -0.494 e. The monoisotopic (exact) mass is 532 g/mol. The van der Waals surface area contributed by atoms with Gasteiger partial charge in [-0.25, -0.2) is 0 Å². The van der Waals surface area contributed by atoms with Crippen molar-refractivity contribution in [2.24, 2.45) is 0 Å². The van der Waals surface area contributed by atoms with Crippen LogP contribution in [0.2, 0.25) is 5.02 Å². The van der Waals surface area contributed by atoms with Crippen LogP contribution in [0.15, 0.2) is 78.9 Å². The molecule has 5 nitrogen and oxygen atoms in total. The molecule has 1 aliphatic carbocycles. The summed E-state index contributed by atoms with van der Waals surface area (Å²) in [6, 6.07) is 24.8. The van der Waals surface area contributed by atoms with Crippen molar-refractivity contribution in [2.45, 2.75) is 70.5 Å². The molecule has 0 aromatic heterocycles. The Kier molecular flexibility index (Phi) is 10.2. The summed E-state index contributed by atoms with van der Waals surface area (Å²) in [5.74, 6) is 0.604. The second-order valence-electron chi connectivity index (χ2n) is 10.0. The lowest BCUT2D eigenvalue weighted by Gasteiger charge is -2.33. The van der Waals surface area contributed by atoms with E-state index in [-0.39, 0.29) is 17.9 Å². The summed E-state index contributed by atoms with van der Waals surface area (Å²) >= 11 is 5.96. The Labute approximate surface area is 231 Å². The number of ether oxygens (including phenoxy) is 1. The molecule has 3 aromatic carbocycles. The van der Waals surface area contributed by atoms with Gasteiger partial charge < -0.3 is 15.0 Å². The predicted molar refractivity (Wildman–Crippen MR) is 152 cm³/mol. The normalized spacial score (nSPS) is 14.2. The topological polar surface area (TPSA) is 58.6 Å². The molecule has 38 heavy (non-hydrogen) atoms. The Hall–Kier alpha value is -3.31. The quantitative estimate of drug-likeness (QED) is 0.271. The second-order valence-corrected chi connectivity index (χ2v) is 10.5. The van der Waals surface area contributed by atoms with Crippen LogP contribution in [0.5, 0.6) is 5.75 Å². The summed E-state index contributed by atoms with van der Waals surface area (Å²) in [5, 5.41) is 3.91. The molecule has 0 unspecified atom stereocenters. The molecule has 0 bridgehead atoms. The summed E-state index contributed by atoms with van der Waals surface area (Å²) in [7, 11) is 0. The zero-order valence-electron chi connectivity index (χ0n) is 22.1. The van der Waals surface area contributed by atoms with Gasteiger partial charge in [0.25, 0.3) is 0 Å². The van der Waals surface area contributed by atoms with Crippen LogP contribution in [0.4, 0.5) is 0 Å². The lowest BCUT2D eigenvalue weighted by molar-refractivity contribution is -0.141. The largest absolute Gasteiger partial charge is 0.494 e. The zero-order valence-corrected chi connectivity index (χ0v) is 22.8. The average Bonchev–Trinajstić information content (AvgIpc) is 3.44. The van der Waals surface area contributed by atoms with Gasteiger partial charge in [-0.2, -0.15) is 0 Å². The lowest BCUT2D eigenvalue weighted by Crippen LogP contribution is -2.52. The predicted octanol–water partition coefficient (Wildman–Crippen LogP) is 6.51. The molecule has 3 aromatic rings. The number of rotatable bonds is 12. The summed E-state index contributed by atoms with van der Waals surface area (Å²) < 4.78 is 5.81. The highest BCUT2D eigenvalue weighted by Gasteiger charge is 2.32. The molecule has 2 amide bonds. The Morgan fingerprint density at radius 1 is 0.974 bits per heavy atom. The molecule has 6 heteroatoms. The van der Waals surface area contributed by atoms with Crippen molar-refractivity contribution < 1.29 is 14.3 Å². The van der Waals surface area contributed by atoms with Crippen molar-refractivity contribution >= 4 is 23.4 Å². The summed E-state index contributed by atoms with van der Waals surface area (Å²) in [6.45, 7) is 2.84. The summed E-state index contributed by atoms with van der Waals surface area (Å²) in [4.78, 5) is 29.3. The summed E-state index contributed by atoms with van der Waals surface area (Å²) in [5.41, 5.74) is 3.18. The van der Waals surface area contributed by atoms with Gasteiger partial charge in [-0.15, -0.1) is 0 Å². The van der Waals surface area contributed by atoms with Crippen molar-refractivity contribution in [3.63, 3.8) is 0 Å². The van der Waals surface area contributed by atoms with Gasteiger partial charge in [0.1, 0.15) is 11.8 Å². The van der Waals surface area contributed by atoms with E-state index in [1.807, 2.05) is 73.7 Å². The van der Waals surface area contributed by atoms with E-state index < -0.39 is 6.04 Å². The van der Waals surface area contributed by atoms with Crippen LogP contribution in [0.25, 0.3) is 0 Å². The van der Waals surface area contributed by atoms with Crippen LogP contribution in [-0.4, -0.2) is 35.4 Å². The molecular formula is C32H37ClN2O3. The van der Waals surface area contributed by atoms with Crippen molar-refractivity contribution in [1.29, 1.82) is 0 Å². The third kappa shape index (κ3) is 8.09. The van der Waals surface area contributed by atoms with Crippen LogP contribution < -0.4 is 10.1 Å². The van der Waals surface area contributed by atoms with Gasteiger partial charge in [-0.05, 0) is 67.1 Å². The maximum atomic E-state index is 13.8. The lowest BCUT2D eigenvalue weighted by atomic mass is 10.0. The van der Waals surface area contributed by atoms with Gasteiger partial charge in [-0.3, -0.25) is 9.59 Å². The van der Waals surface area contributed by atoms with E-state index in [9.17, 15) is 9.59 Å². The molecule has 1 fully saturated rings. The maximum absolute atomic E-state index is 13.8. The van der Waals surface area contributed by atoms with Gasteiger partial charge >= 0.3 is 0 Å². The first-order valence-electron chi connectivity index (χ1n) is 13.6. The van der Waals surface area contributed by atoms with E-state index in [0.717, 1.165) is 48.1 Å². The van der Waals surface area contributed by atoms with Crippen LogP contribution >= 0.6 is 11.6 Å². The molecule has 1 saturated carbocycles. The second kappa shape index (κ2) is 14.0. The van der Waals surface area contributed by atoms with Crippen LogP contribution in [-0.2, 0) is 22.6 Å². The molecule has 4 rings (SSSR count). The Balaban J connectivity index is 1.52. The number of nitrogens with one attached hydrogen (secondary N) is 1. The van der Waals surface area contributed by atoms with E-state index in [0.29, 0.717) is 37.4 Å². The average molecular weight is 533 g/mol. The van der Waals surface area contributed by atoms with Gasteiger partial charge in [-0.1, -0.05) is 79.0 Å². The molecule has 1 aliphatic rings. The minimum absolute atomic E-state index is 0.0459. The van der Waals surface area contributed by atoms with Crippen molar-refractivity contribution in [3.8, 4) is 5.75 Å². The smallest absolute Gasteiger partial charge is 0.243 e. The SMILES string of the molecule is Cc1ccccc1CN(C(=O)CCCOc1ccc(Cl)cc1)[C@H](Cc1ccccc1)C(=O)NC1CCCC1. The Bertz CT molecular complexity index is 1180. The van der Waals surface area contributed by atoms with E-state index in [1.54, 1.807) is 17.0 Å². The third-order valence-electron chi connectivity index (χ3n) is 7.19. The van der Waals surface area contributed by atoms with Gasteiger partial charge in [0.05, 0.1) is 6.61 Å². The summed E-state index contributed by atoms with van der Waals surface area (Å²) in [6.07, 6.45) is 5.57. The molecule has 0 heterocycles. The first-order chi connectivity index (χ1) is 18.5. The number of nitrogens with zero attached hydrogens (tertiary/aromatic N) is 1. The highest BCUT2D eigenvalue weighted by atomic mass is 35.5. The number of hydrogen-bond donors (Lipinski definition) is 1. The third-order valence-corrected chi connectivity index (χ3v) is 7.44. The van der Waals surface area contributed by atoms with Gasteiger partial charge in [0, 0.05) is 30.5 Å². The minimum atomic E-state index is -0.595. The van der Waals surface area contributed by atoms with Gasteiger partial charge in [0.2, 0.25) is 11.8 Å². The number of carbonyl (C=O) groups excluding carboxylic acids is 2. The van der Waals surface area contributed by atoms with Crippen LogP contribution in [0, 0.1) is 6.92 Å². The van der Waals surface area contributed by atoms with Crippen LogP contribution in [0.3, 0.4) is 0 Å². The Morgan fingerprint density at radius 2 is 1.66 bits per heavy atom. The van der Waals surface area contributed by atoms with E-state index in [2.05, 4.69) is 5.32 Å². The molecule has 0 saturated heterocycles. The Morgan fingerprint density at radius 3 is 2.37 bits per heavy atom. The van der Waals surface area contributed by atoms with Crippen molar-refractivity contribution in [2.75, 3.05) is 6.61 Å². The van der Waals surface area contributed by atoms with Crippen molar-refractivity contribution in [1.82, 2.24) is 10.2 Å². The fourth-order valence-electron chi connectivity index (χ4n) is 4.98. The van der Waals surface area contributed by atoms with Gasteiger partial charge in [0.15, 0.2) is 0 Å². The number of carbonyl (C=O) groups is 2. The number of amides is 2. The van der Waals surface area contributed by atoms with E-state index in [4.69, 9.17) is 16.3 Å². The zero-order chi connectivity index (χ0) is 26.7. The van der Waals surface area contributed by atoms with Crippen molar-refractivity contribution in [3.05, 3.63) is 101 Å². The first kappa shape index (κ1) is 27.7. The van der Waals surface area contributed by atoms with E-state index >= 15 is 0 Å². The maximum Gasteiger partial charge on any atom is 0.243 e. The van der Waals surface area contributed by atoms with Crippen LogP contribution in [0.1, 0.15) is 55.2 Å². The molecule has 0 radical (unpaired) electrons. The standard InChI is InChI=1S/C32H37ClN2O3/c1-24-10-5-6-13-26(24)23-35(31(36)16-9-21-38-29-19-17-27(33)18-20-29)30(22-25-11-3-2-4-12-25)32(37)34-28-14-7-8-15-28/h2-6,10-13,17-20,28,30H,7-9,14-16,21-23H2,1H3,(H,34,37)/t30-/m1/s1. The first-order valence-corrected chi connectivity index (χ1v) is 13.9. The number of hydrogen-bond acceptors (Lipinski definition) is 3. The molecule has 200 valence electrons. The molecular weight excluding hydrogens is 496 g/mol. The molecule has 0 spiro atoms. The molecule has 1 N–H and O–H groups in total. The highest BCUT2D eigenvalue weighted by Crippen LogP contribution is 2.22. The fraction of sp³-hybridized carbons (Fsp3) is 0.375. The highest BCUT2D eigenvalue weighted by molar-refractivity contribution is 6.30. The fourth-order valence-corrected chi connectivity index (χ4v) is 5.11. The molecule has 1 atom stereocenters.